The molecule has 0 aliphatic carbocycles. The molecule has 1 atom stereocenters. The van der Waals surface area contributed by atoms with Crippen molar-refractivity contribution < 1.29 is 19.0 Å². The first kappa shape index (κ1) is 11.7. The fourth-order valence-electron chi connectivity index (χ4n) is 1.07. The summed E-state index contributed by atoms with van der Waals surface area (Å²) in [6.45, 7) is 0. The molecular formula is C9H9ClFNO3. The first-order valence-corrected chi connectivity index (χ1v) is 4.36. The van der Waals surface area contributed by atoms with Crippen LogP contribution in [0.5, 0.6) is 5.75 Å². The Kier molecular flexibility index (Phi) is 3.49. The molecule has 1 aromatic carbocycles. The van der Waals surface area contributed by atoms with Crippen LogP contribution in [0.2, 0.25) is 5.02 Å². The predicted octanol–water partition coefficient (Wildman–Crippen LogP) is 1.57. The first-order chi connectivity index (χ1) is 6.97. The molecule has 1 aromatic rings. The van der Waals surface area contributed by atoms with Gasteiger partial charge in [0, 0.05) is 5.56 Å². The Morgan fingerprint density at radius 1 is 1.67 bits per heavy atom. The Bertz CT molecular complexity index is 397. The van der Waals surface area contributed by atoms with E-state index in [9.17, 15) is 9.18 Å². The molecule has 6 heteroatoms. The largest absolute Gasteiger partial charge is 0.495 e. The van der Waals surface area contributed by atoms with Gasteiger partial charge >= 0.3 is 5.97 Å². The minimum absolute atomic E-state index is 0.0661. The van der Waals surface area contributed by atoms with Crippen molar-refractivity contribution in [1.29, 1.82) is 0 Å². The van der Waals surface area contributed by atoms with Gasteiger partial charge in [0.1, 0.15) is 17.6 Å². The van der Waals surface area contributed by atoms with Crippen molar-refractivity contribution in [2.75, 3.05) is 7.11 Å². The smallest absolute Gasteiger partial charge is 0.325 e. The number of carbonyl (C=O) groups is 1. The SMILES string of the molecule is COc1cc(C(N)C(=O)O)c(F)cc1Cl. The molecule has 0 heterocycles. The van der Waals surface area contributed by atoms with Gasteiger partial charge in [-0.2, -0.15) is 0 Å². The summed E-state index contributed by atoms with van der Waals surface area (Å²) in [7, 11) is 1.34. The fraction of sp³-hybridized carbons (Fsp3) is 0.222. The second-order valence-corrected chi connectivity index (χ2v) is 3.23. The minimum atomic E-state index is -1.43. The molecule has 0 saturated carbocycles. The van der Waals surface area contributed by atoms with Gasteiger partial charge in [-0.1, -0.05) is 11.6 Å². The number of hydrogen-bond donors (Lipinski definition) is 2. The van der Waals surface area contributed by atoms with Gasteiger partial charge in [-0.25, -0.2) is 4.39 Å². The molecule has 1 rings (SSSR count). The third-order valence-electron chi connectivity index (χ3n) is 1.87. The molecule has 82 valence electrons. The van der Waals surface area contributed by atoms with E-state index in [2.05, 4.69) is 0 Å². The van der Waals surface area contributed by atoms with Crippen LogP contribution in [0.25, 0.3) is 0 Å². The number of rotatable bonds is 3. The maximum absolute atomic E-state index is 13.3. The third-order valence-corrected chi connectivity index (χ3v) is 2.17. The molecule has 1 unspecified atom stereocenters. The monoisotopic (exact) mass is 233 g/mol. The van der Waals surface area contributed by atoms with Crippen molar-refractivity contribution >= 4 is 17.6 Å². The van der Waals surface area contributed by atoms with Crippen LogP contribution in [0, 0.1) is 5.82 Å². The van der Waals surface area contributed by atoms with Crippen molar-refractivity contribution in [3.63, 3.8) is 0 Å². The average molecular weight is 234 g/mol. The number of ether oxygens (including phenoxy) is 1. The van der Waals surface area contributed by atoms with E-state index in [1.165, 1.54) is 13.2 Å². The summed E-state index contributed by atoms with van der Waals surface area (Å²) in [4.78, 5) is 10.6. The number of carboxylic acids is 1. The highest BCUT2D eigenvalue weighted by atomic mass is 35.5. The number of aliphatic carboxylic acids is 1. The number of halogens is 2. The molecule has 0 amide bonds. The highest BCUT2D eigenvalue weighted by molar-refractivity contribution is 6.32. The molecule has 0 aliphatic heterocycles. The molecule has 4 nitrogen and oxygen atoms in total. The number of hydrogen-bond acceptors (Lipinski definition) is 3. The van der Waals surface area contributed by atoms with Crippen molar-refractivity contribution in [2.24, 2.45) is 5.73 Å². The molecule has 0 aliphatic rings. The first-order valence-electron chi connectivity index (χ1n) is 3.98. The molecule has 15 heavy (non-hydrogen) atoms. The Balaban J connectivity index is 3.24. The fourth-order valence-corrected chi connectivity index (χ4v) is 1.30. The highest BCUT2D eigenvalue weighted by Gasteiger charge is 2.20. The summed E-state index contributed by atoms with van der Waals surface area (Å²) in [6.07, 6.45) is 0. The van der Waals surface area contributed by atoms with Crippen molar-refractivity contribution in [1.82, 2.24) is 0 Å². The van der Waals surface area contributed by atoms with Gasteiger partial charge in [0.05, 0.1) is 12.1 Å². The predicted molar refractivity (Wildman–Crippen MR) is 52.5 cm³/mol. The van der Waals surface area contributed by atoms with E-state index in [4.69, 9.17) is 27.2 Å². The zero-order valence-corrected chi connectivity index (χ0v) is 8.58. The number of carboxylic acid groups (broad SMARTS) is 1. The maximum Gasteiger partial charge on any atom is 0.325 e. The van der Waals surface area contributed by atoms with Crippen LogP contribution < -0.4 is 10.5 Å². The average Bonchev–Trinajstić information content (AvgIpc) is 2.17. The van der Waals surface area contributed by atoms with E-state index in [1.54, 1.807) is 0 Å². The molecule has 0 fully saturated rings. The molecule has 0 saturated heterocycles. The van der Waals surface area contributed by atoms with Crippen LogP contribution in [0.3, 0.4) is 0 Å². The summed E-state index contributed by atoms with van der Waals surface area (Å²) < 4.78 is 18.1. The second-order valence-electron chi connectivity index (χ2n) is 2.82. The van der Waals surface area contributed by atoms with Gasteiger partial charge in [-0.15, -0.1) is 0 Å². The molecule has 0 aromatic heterocycles. The zero-order chi connectivity index (χ0) is 11.6. The lowest BCUT2D eigenvalue weighted by Crippen LogP contribution is -2.21. The molecule has 0 spiro atoms. The van der Waals surface area contributed by atoms with Crippen LogP contribution in [-0.2, 0) is 4.79 Å². The third kappa shape index (κ3) is 2.37. The standard InChI is InChI=1S/C9H9ClFNO3/c1-15-7-2-4(8(12)9(13)14)6(11)3-5(7)10/h2-3,8H,12H2,1H3,(H,13,14). The maximum atomic E-state index is 13.3. The van der Waals surface area contributed by atoms with Crippen LogP contribution in [0.15, 0.2) is 12.1 Å². The molecule has 0 bridgehead atoms. The van der Waals surface area contributed by atoms with Gasteiger partial charge in [0.15, 0.2) is 0 Å². The van der Waals surface area contributed by atoms with Gasteiger partial charge in [-0.3, -0.25) is 4.79 Å². The Labute approximate surface area is 90.4 Å². The minimum Gasteiger partial charge on any atom is -0.495 e. The number of benzene rings is 1. The van der Waals surface area contributed by atoms with E-state index >= 15 is 0 Å². The zero-order valence-electron chi connectivity index (χ0n) is 7.83. The summed E-state index contributed by atoms with van der Waals surface area (Å²) >= 11 is 5.63. The van der Waals surface area contributed by atoms with E-state index in [1.807, 2.05) is 0 Å². The van der Waals surface area contributed by atoms with Crippen molar-refractivity contribution in [2.45, 2.75) is 6.04 Å². The van der Waals surface area contributed by atoms with E-state index in [-0.39, 0.29) is 16.3 Å². The molecular weight excluding hydrogens is 225 g/mol. The highest BCUT2D eigenvalue weighted by Crippen LogP contribution is 2.29. The summed E-state index contributed by atoms with van der Waals surface area (Å²) in [5, 5.41) is 8.69. The Hall–Kier alpha value is -1.33. The topological polar surface area (TPSA) is 72.5 Å². The second kappa shape index (κ2) is 4.46. The van der Waals surface area contributed by atoms with Crippen molar-refractivity contribution in [3.8, 4) is 5.75 Å². The van der Waals surface area contributed by atoms with Crippen LogP contribution in [-0.4, -0.2) is 18.2 Å². The van der Waals surface area contributed by atoms with E-state index in [0.29, 0.717) is 0 Å². The van der Waals surface area contributed by atoms with Gasteiger partial charge < -0.3 is 15.6 Å². The van der Waals surface area contributed by atoms with E-state index in [0.717, 1.165) is 6.07 Å². The van der Waals surface area contributed by atoms with Crippen molar-refractivity contribution in [3.05, 3.63) is 28.5 Å². The molecule has 0 radical (unpaired) electrons. The number of nitrogens with two attached hydrogens (primary N) is 1. The van der Waals surface area contributed by atoms with Crippen LogP contribution in [0.4, 0.5) is 4.39 Å². The summed E-state index contributed by atoms with van der Waals surface area (Å²) in [5.41, 5.74) is 5.11. The van der Waals surface area contributed by atoms with Gasteiger partial charge in [0.2, 0.25) is 0 Å². The van der Waals surface area contributed by atoms with Gasteiger partial charge in [-0.05, 0) is 12.1 Å². The quantitative estimate of drug-likeness (QED) is 0.831. The number of methoxy groups -OCH3 is 1. The molecule has 3 N–H and O–H groups in total. The Morgan fingerprint density at radius 2 is 2.27 bits per heavy atom. The summed E-state index contributed by atoms with van der Waals surface area (Å²) in [6, 6.07) is 0.714. The summed E-state index contributed by atoms with van der Waals surface area (Å²) in [5.74, 6) is -1.90. The normalized spacial score (nSPS) is 12.3. The lowest BCUT2D eigenvalue weighted by atomic mass is 10.1. The van der Waals surface area contributed by atoms with Crippen LogP contribution in [0.1, 0.15) is 11.6 Å². The Morgan fingerprint density at radius 3 is 2.73 bits per heavy atom. The lowest BCUT2D eigenvalue weighted by molar-refractivity contribution is -0.138. The van der Waals surface area contributed by atoms with Gasteiger partial charge in [0.25, 0.3) is 0 Å². The lowest BCUT2D eigenvalue weighted by Gasteiger charge is -2.11. The van der Waals surface area contributed by atoms with E-state index < -0.39 is 17.8 Å². The van der Waals surface area contributed by atoms with Crippen LogP contribution >= 0.6 is 11.6 Å².